The van der Waals surface area contributed by atoms with Gasteiger partial charge in [0, 0.05) is 6.07 Å². The van der Waals surface area contributed by atoms with E-state index in [9.17, 15) is 9.90 Å². The maximum absolute atomic E-state index is 10.4. The number of benzene rings is 1. The predicted molar refractivity (Wildman–Crippen MR) is 56.4 cm³/mol. The van der Waals surface area contributed by atoms with Gasteiger partial charge in [0.15, 0.2) is 11.5 Å². The van der Waals surface area contributed by atoms with Crippen molar-refractivity contribution >= 4 is 6.16 Å². The van der Waals surface area contributed by atoms with Crippen LogP contribution < -0.4 is 18.9 Å². The second kappa shape index (κ2) is 5.15. The highest BCUT2D eigenvalue weighted by molar-refractivity contribution is 5.70. The van der Waals surface area contributed by atoms with Gasteiger partial charge in [-0.15, -0.1) is 0 Å². The molecule has 7 heteroatoms. The van der Waals surface area contributed by atoms with Gasteiger partial charge < -0.3 is 29.2 Å². The quantitative estimate of drug-likeness (QED) is 0.611. The van der Waals surface area contributed by atoms with E-state index in [1.807, 2.05) is 0 Å². The highest BCUT2D eigenvalue weighted by atomic mass is 16.7. The van der Waals surface area contributed by atoms with Gasteiger partial charge in [0.05, 0.1) is 21.3 Å². The van der Waals surface area contributed by atoms with E-state index < -0.39 is 11.9 Å². The fourth-order valence-corrected chi connectivity index (χ4v) is 1.29. The summed E-state index contributed by atoms with van der Waals surface area (Å²) in [5.74, 6) is -0.522. The summed E-state index contributed by atoms with van der Waals surface area (Å²) in [5.41, 5.74) is 0. The zero-order valence-electron chi connectivity index (χ0n) is 9.51. The number of ether oxygens (including phenoxy) is 4. The molecule has 0 spiro atoms. The highest BCUT2D eigenvalue weighted by Gasteiger charge is 2.22. The zero-order valence-corrected chi connectivity index (χ0v) is 9.51. The molecule has 0 aliphatic heterocycles. The van der Waals surface area contributed by atoms with Crippen molar-refractivity contribution in [2.24, 2.45) is 0 Å². The number of phenolic OH excluding ortho intramolecular Hbond substituents is 1. The highest BCUT2D eigenvalue weighted by Crippen LogP contribution is 2.49. The Bertz CT molecular complexity index is 427. The Morgan fingerprint density at radius 2 is 1.65 bits per heavy atom. The molecule has 0 saturated heterocycles. The number of hydrogen-bond donors (Lipinski definition) is 2. The van der Waals surface area contributed by atoms with Gasteiger partial charge in [-0.1, -0.05) is 0 Å². The molecule has 7 nitrogen and oxygen atoms in total. The second-order valence-electron chi connectivity index (χ2n) is 2.86. The fraction of sp³-hybridized carbons (Fsp3) is 0.300. The lowest BCUT2D eigenvalue weighted by molar-refractivity contribution is 0.142. The largest absolute Gasteiger partial charge is 0.511 e. The van der Waals surface area contributed by atoms with Gasteiger partial charge in [-0.25, -0.2) is 4.79 Å². The number of hydrogen-bond acceptors (Lipinski definition) is 6. The Morgan fingerprint density at radius 1 is 1.06 bits per heavy atom. The lowest BCUT2D eigenvalue weighted by Gasteiger charge is -2.15. The lowest BCUT2D eigenvalue weighted by Crippen LogP contribution is -2.04. The first-order valence-electron chi connectivity index (χ1n) is 4.47. The molecule has 1 aromatic carbocycles. The molecule has 0 aromatic heterocycles. The van der Waals surface area contributed by atoms with E-state index in [-0.39, 0.29) is 23.0 Å². The molecule has 0 aliphatic carbocycles. The second-order valence-corrected chi connectivity index (χ2v) is 2.86. The van der Waals surface area contributed by atoms with Crippen LogP contribution in [0.1, 0.15) is 0 Å². The van der Waals surface area contributed by atoms with Gasteiger partial charge in [0.25, 0.3) is 0 Å². The van der Waals surface area contributed by atoms with Crippen LogP contribution >= 0.6 is 0 Å². The Morgan fingerprint density at radius 3 is 2.06 bits per heavy atom. The summed E-state index contributed by atoms with van der Waals surface area (Å²) >= 11 is 0. The molecule has 0 unspecified atom stereocenters. The molecule has 94 valence electrons. The van der Waals surface area contributed by atoms with Gasteiger partial charge >= 0.3 is 6.16 Å². The van der Waals surface area contributed by atoms with Crippen molar-refractivity contribution in [3.8, 4) is 28.7 Å². The van der Waals surface area contributed by atoms with Gasteiger partial charge in [-0.05, 0) is 0 Å². The van der Waals surface area contributed by atoms with Crippen molar-refractivity contribution in [2.45, 2.75) is 0 Å². The van der Waals surface area contributed by atoms with Crippen LogP contribution in [0.25, 0.3) is 0 Å². The number of phenols is 1. The molecule has 0 amide bonds. The minimum Gasteiger partial charge on any atom is -0.502 e. The minimum absolute atomic E-state index is 0.0666. The molecule has 0 saturated carbocycles. The molecule has 2 N–H and O–H groups in total. The molecule has 1 aromatic rings. The van der Waals surface area contributed by atoms with Crippen molar-refractivity contribution < 1.29 is 34.0 Å². The molecule has 0 heterocycles. The van der Waals surface area contributed by atoms with Crippen molar-refractivity contribution in [1.82, 2.24) is 0 Å². The fourth-order valence-electron chi connectivity index (χ4n) is 1.29. The number of methoxy groups -OCH3 is 3. The Labute approximate surface area is 97.1 Å². The average molecular weight is 244 g/mol. The van der Waals surface area contributed by atoms with Crippen LogP contribution in [0.15, 0.2) is 6.07 Å². The first kappa shape index (κ1) is 12.8. The number of carboxylic acid groups (broad SMARTS) is 1. The van der Waals surface area contributed by atoms with Crippen LogP contribution in [0.5, 0.6) is 28.7 Å². The van der Waals surface area contributed by atoms with Crippen LogP contribution in [-0.2, 0) is 0 Å². The maximum Gasteiger partial charge on any atom is 0.511 e. The molecule has 0 radical (unpaired) electrons. The summed E-state index contributed by atoms with van der Waals surface area (Å²) in [6, 6.07) is 1.19. The standard InChI is InChI=1S/C10H12O7/c1-14-6-4-5(17-10(12)13)7(11)9(16-3)8(6)15-2/h4,11H,1-3H3,(H,12,13). The molecule has 1 rings (SSSR count). The van der Waals surface area contributed by atoms with Crippen molar-refractivity contribution in [2.75, 3.05) is 21.3 Å². The topological polar surface area (TPSA) is 94.5 Å². The molecule has 0 atom stereocenters. The molecule has 0 fully saturated rings. The van der Waals surface area contributed by atoms with Crippen LogP contribution in [-0.4, -0.2) is 37.7 Å². The van der Waals surface area contributed by atoms with Crippen LogP contribution in [0, 0.1) is 0 Å². The number of carbonyl (C=O) groups is 1. The third-order valence-electron chi connectivity index (χ3n) is 1.97. The van der Waals surface area contributed by atoms with Gasteiger partial charge in [0.1, 0.15) is 0 Å². The number of aromatic hydroxyl groups is 1. The monoisotopic (exact) mass is 244 g/mol. The number of rotatable bonds is 4. The van der Waals surface area contributed by atoms with Crippen molar-refractivity contribution in [3.05, 3.63) is 6.07 Å². The SMILES string of the molecule is COc1cc(OC(=O)O)c(O)c(OC)c1OC. The zero-order chi connectivity index (χ0) is 13.0. The van der Waals surface area contributed by atoms with E-state index in [1.54, 1.807) is 0 Å². The molecule has 17 heavy (non-hydrogen) atoms. The van der Waals surface area contributed by atoms with Crippen LogP contribution in [0.2, 0.25) is 0 Å². The summed E-state index contributed by atoms with van der Waals surface area (Å²) in [7, 11) is 4.01. The van der Waals surface area contributed by atoms with Gasteiger partial charge in [-0.2, -0.15) is 0 Å². The van der Waals surface area contributed by atoms with Crippen molar-refractivity contribution in [1.29, 1.82) is 0 Å². The third kappa shape index (κ3) is 2.44. The summed E-state index contributed by atoms with van der Waals surface area (Å²) in [4.78, 5) is 10.4. The van der Waals surface area contributed by atoms with E-state index in [2.05, 4.69) is 4.74 Å². The summed E-state index contributed by atoms with van der Waals surface area (Å²) in [6.07, 6.45) is -1.56. The van der Waals surface area contributed by atoms with Gasteiger partial charge in [0.2, 0.25) is 17.2 Å². The van der Waals surface area contributed by atoms with Crippen LogP contribution in [0.4, 0.5) is 4.79 Å². The summed E-state index contributed by atoms with van der Waals surface area (Å²) in [6.45, 7) is 0. The van der Waals surface area contributed by atoms with E-state index in [1.165, 1.54) is 27.4 Å². The molecule has 0 bridgehead atoms. The van der Waals surface area contributed by atoms with E-state index in [0.29, 0.717) is 0 Å². The Kier molecular flexibility index (Phi) is 3.86. The van der Waals surface area contributed by atoms with E-state index in [0.717, 1.165) is 0 Å². The normalized spacial score (nSPS) is 9.59. The van der Waals surface area contributed by atoms with Crippen LogP contribution in [0.3, 0.4) is 0 Å². The molecule has 0 aliphatic rings. The Balaban J connectivity index is 3.39. The molecular formula is C10H12O7. The average Bonchev–Trinajstić information content (AvgIpc) is 2.30. The molecular weight excluding hydrogens is 232 g/mol. The Hall–Kier alpha value is -2.31. The lowest BCUT2D eigenvalue weighted by atomic mass is 10.2. The smallest absolute Gasteiger partial charge is 0.502 e. The summed E-state index contributed by atoms with van der Waals surface area (Å²) in [5, 5.41) is 18.2. The van der Waals surface area contributed by atoms with Gasteiger partial charge in [-0.3, -0.25) is 0 Å². The first-order valence-corrected chi connectivity index (χ1v) is 4.47. The van der Waals surface area contributed by atoms with E-state index in [4.69, 9.17) is 19.3 Å². The third-order valence-corrected chi connectivity index (χ3v) is 1.97. The van der Waals surface area contributed by atoms with E-state index >= 15 is 0 Å². The predicted octanol–water partition coefficient (Wildman–Crippen LogP) is 1.47. The van der Waals surface area contributed by atoms with Crippen molar-refractivity contribution in [3.63, 3.8) is 0 Å². The first-order chi connectivity index (χ1) is 8.04. The maximum atomic E-state index is 10.4. The minimum atomic E-state index is -1.56. The summed E-state index contributed by atoms with van der Waals surface area (Å²) < 4.78 is 19.2.